The summed E-state index contributed by atoms with van der Waals surface area (Å²) in [6.07, 6.45) is 4.37. The topological polar surface area (TPSA) is 90.3 Å². The summed E-state index contributed by atoms with van der Waals surface area (Å²) in [6, 6.07) is 13.5. The third-order valence-corrected chi connectivity index (χ3v) is 5.58. The molecule has 1 saturated carbocycles. The maximum Gasteiger partial charge on any atom is 0.266 e. The van der Waals surface area contributed by atoms with Crippen LogP contribution in [0.15, 0.2) is 64.1 Å². The smallest absolute Gasteiger partial charge is 0.266 e. The second-order valence-electron chi connectivity index (χ2n) is 7.76. The van der Waals surface area contributed by atoms with Crippen LogP contribution in [-0.4, -0.2) is 23.3 Å². The number of fused-ring (bicyclic) bond motifs is 1. The number of pyridine rings is 2. The van der Waals surface area contributed by atoms with Gasteiger partial charge < -0.3 is 13.9 Å². The average molecular weight is 431 g/mol. The van der Waals surface area contributed by atoms with Crippen molar-refractivity contribution in [3.05, 3.63) is 71.0 Å². The summed E-state index contributed by atoms with van der Waals surface area (Å²) in [5, 5.41) is 9.60. The number of ether oxygens (including phenoxy) is 2. The van der Waals surface area contributed by atoms with E-state index in [9.17, 15) is 14.4 Å². The van der Waals surface area contributed by atoms with E-state index in [4.69, 9.17) is 13.9 Å². The molecule has 7 nitrogen and oxygen atoms in total. The fourth-order valence-electron chi connectivity index (χ4n) is 3.47. The molecule has 3 heterocycles. The van der Waals surface area contributed by atoms with E-state index in [-0.39, 0.29) is 5.56 Å². The lowest BCUT2D eigenvalue weighted by Crippen LogP contribution is -2.17. The van der Waals surface area contributed by atoms with E-state index in [1.54, 1.807) is 36.5 Å². The maximum atomic E-state index is 13.1. The van der Waals surface area contributed by atoms with Gasteiger partial charge in [-0.2, -0.15) is 5.26 Å². The van der Waals surface area contributed by atoms with Gasteiger partial charge in [0.05, 0.1) is 35.9 Å². The molecule has 0 N–H and O–H groups in total. The van der Waals surface area contributed by atoms with E-state index in [2.05, 4.69) is 11.1 Å². The van der Waals surface area contributed by atoms with E-state index in [1.165, 1.54) is 23.8 Å². The Kier molecular flexibility index (Phi) is 4.67. The van der Waals surface area contributed by atoms with Gasteiger partial charge in [-0.1, -0.05) is 0 Å². The number of rotatable bonds is 6. The number of nitriles is 1. The van der Waals surface area contributed by atoms with E-state index in [1.807, 2.05) is 0 Å². The first-order valence-corrected chi connectivity index (χ1v) is 10.0. The van der Waals surface area contributed by atoms with E-state index in [0.717, 1.165) is 19.0 Å². The summed E-state index contributed by atoms with van der Waals surface area (Å²) in [5.41, 5.74) is 0.749. The molecule has 160 valence electrons. The lowest BCUT2D eigenvalue weighted by atomic mass is 10.1. The van der Waals surface area contributed by atoms with Gasteiger partial charge in [-0.15, -0.1) is 0 Å². The summed E-state index contributed by atoms with van der Waals surface area (Å²) in [6.45, 7) is 0.306. The predicted octanol–water partition coefficient (Wildman–Crippen LogP) is 4.48. The minimum atomic E-state index is -0.450. The third-order valence-electron chi connectivity index (χ3n) is 5.58. The monoisotopic (exact) mass is 431 g/mol. The molecule has 0 atom stereocenters. The largest absolute Gasteiger partial charge is 0.493 e. The normalized spacial score (nSPS) is 14.2. The lowest BCUT2D eigenvalue weighted by Gasteiger charge is -2.14. The highest BCUT2D eigenvalue weighted by molar-refractivity contribution is 5.81. The summed E-state index contributed by atoms with van der Waals surface area (Å²) in [4.78, 5) is 17.1. The van der Waals surface area contributed by atoms with Crippen molar-refractivity contribution in [2.24, 2.45) is 5.41 Å². The fraction of sp³-hybridized carbons (Fsp3) is 0.208. The van der Waals surface area contributed by atoms with Gasteiger partial charge in [0.2, 0.25) is 0 Å². The molecule has 3 aromatic heterocycles. The lowest BCUT2D eigenvalue weighted by molar-refractivity contribution is 0.255. The Morgan fingerprint density at radius 3 is 2.75 bits per heavy atom. The molecule has 4 aromatic rings. The molecular weight excluding hydrogens is 413 g/mol. The van der Waals surface area contributed by atoms with Crippen molar-refractivity contribution in [3.63, 3.8) is 0 Å². The Bertz CT molecular complexity index is 1410. The predicted molar refractivity (Wildman–Crippen MR) is 114 cm³/mol. The van der Waals surface area contributed by atoms with Crippen molar-refractivity contribution < 1.29 is 18.3 Å². The number of halogens is 1. The van der Waals surface area contributed by atoms with Crippen molar-refractivity contribution in [1.82, 2.24) is 9.55 Å². The molecule has 0 unspecified atom stereocenters. The van der Waals surface area contributed by atoms with Crippen LogP contribution in [-0.2, 0) is 0 Å². The fourth-order valence-corrected chi connectivity index (χ4v) is 3.47. The molecule has 0 saturated heterocycles. The highest BCUT2D eigenvalue weighted by Crippen LogP contribution is 2.45. The summed E-state index contributed by atoms with van der Waals surface area (Å²) in [7, 11) is 1.52. The third kappa shape index (κ3) is 3.48. The molecule has 0 amide bonds. The number of nitrogens with zero attached hydrogens (tertiary/aromatic N) is 3. The van der Waals surface area contributed by atoms with Crippen LogP contribution in [0.5, 0.6) is 11.5 Å². The van der Waals surface area contributed by atoms with Crippen molar-refractivity contribution in [2.45, 2.75) is 12.8 Å². The molecule has 1 aliphatic carbocycles. The second-order valence-corrected chi connectivity index (χ2v) is 7.76. The number of hydrogen-bond donors (Lipinski definition) is 0. The van der Waals surface area contributed by atoms with E-state index < -0.39 is 11.2 Å². The van der Waals surface area contributed by atoms with E-state index in [0.29, 0.717) is 46.2 Å². The molecule has 5 rings (SSSR count). The Morgan fingerprint density at radius 1 is 1.22 bits per heavy atom. The van der Waals surface area contributed by atoms with Gasteiger partial charge in [0, 0.05) is 12.3 Å². The first-order valence-electron chi connectivity index (χ1n) is 10.0. The van der Waals surface area contributed by atoms with Crippen molar-refractivity contribution in [1.29, 1.82) is 5.26 Å². The molecular formula is C24H18FN3O4. The van der Waals surface area contributed by atoms with Crippen LogP contribution in [0, 0.1) is 22.6 Å². The van der Waals surface area contributed by atoms with Crippen molar-refractivity contribution in [3.8, 4) is 34.7 Å². The Morgan fingerprint density at radius 2 is 2.06 bits per heavy atom. The standard InChI is InChI=1S/C24H18FN3O4/c1-30-22-10-16(3-5-20(22)31-14-24(13-26)7-8-24)28-9-6-19-17(23(28)29)11-21(32-19)18-4-2-15(25)12-27-18/h2-6,9-12H,7-8,14H2,1H3. The highest BCUT2D eigenvalue weighted by Gasteiger charge is 2.44. The second kappa shape index (κ2) is 7.54. The van der Waals surface area contributed by atoms with Gasteiger partial charge in [-0.05, 0) is 49.2 Å². The summed E-state index contributed by atoms with van der Waals surface area (Å²) < 4.78 is 31.6. The molecule has 0 aliphatic heterocycles. The first kappa shape index (κ1) is 19.8. The van der Waals surface area contributed by atoms with Crippen molar-refractivity contribution in [2.75, 3.05) is 13.7 Å². The molecule has 1 aromatic carbocycles. The van der Waals surface area contributed by atoms with Crippen LogP contribution < -0.4 is 15.0 Å². The van der Waals surface area contributed by atoms with Gasteiger partial charge in [0.1, 0.15) is 23.7 Å². The molecule has 0 radical (unpaired) electrons. The zero-order valence-corrected chi connectivity index (χ0v) is 17.2. The molecule has 0 spiro atoms. The van der Waals surface area contributed by atoms with Crippen LogP contribution in [0.4, 0.5) is 4.39 Å². The highest BCUT2D eigenvalue weighted by atomic mass is 19.1. The van der Waals surface area contributed by atoms with Crippen LogP contribution in [0.25, 0.3) is 28.1 Å². The number of hydrogen-bond acceptors (Lipinski definition) is 6. The van der Waals surface area contributed by atoms with Crippen LogP contribution >= 0.6 is 0 Å². The van der Waals surface area contributed by atoms with Gasteiger partial charge in [-0.25, -0.2) is 9.37 Å². The molecule has 32 heavy (non-hydrogen) atoms. The summed E-state index contributed by atoms with van der Waals surface area (Å²) >= 11 is 0. The summed E-state index contributed by atoms with van der Waals surface area (Å²) in [5.74, 6) is 0.905. The van der Waals surface area contributed by atoms with Gasteiger partial charge in [-0.3, -0.25) is 9.36 Å². The van der Waals surface area contributed by atoms with Gasteiger partial charge in [0.15, 0.2) is 17.3 Å². The van der Waals surface area contributed by atoms with Crippen molar-refractivity contribution >= 4 is 11.0 Å². The number of benzene rings is 1. The Labute approximate surface area is 182 Å². The minimum absolute atomic E-state index is 0.281. The number of furan rings is 1. The maximum absolute atomic E-state index is 13.1. The minimum Gasteiger partial charge on any atom is -0.493 e. The van der Waals surface area contributed by atoms with Gasteiger partial charge in [0.25, 0.3) is 5.56 Å². The molecule has 8 heteroatoms. The Hall–Kier alpha value is -4.12. The van der Waals surface area contributed by atoms with Crippen LogP contribution in [0.2, 0.25) is 0 Å². The van der Waals surface area contributed by atoms with E-state index >= 15 is 0 Å². The first-order chi connectivity index (χ1) is 15.5. The zero-order chi connectivity index (χ0) is 22.3. The number of methoxy groups -OCH3 is 1. The average Bonchev–Trinajstić information content (AvgIpc) is 3.47. The molecule has 0 bridgehead atoms. The molecule has 1 fully saturated rings. The van der Waals surface area contributed by atoms with Crippen LogP contribution in [0.1, 0.15) is 12.8 Å². The van der Waals surface area contributed by atoms with Gasteiger partial charge >= 0.3 is 0 Å². The quantitative estimate of drug-likeness (QED) is 0.447. The SMILES string of the molecule is COc1cc(-n2ccc3oc(-c4ccc(F)cn4)cc3c2=O)ccc1OCC1(C#N)CC1. The van der Waals surface area contributed by atoms with Crippen LogP contribution in [0.3, 0.4) is 0 Å². The zero-order valence-electron chi connectivity index (χ0n) is 17.2. The Balaban J connectivity index is 1.48. The number of aromatic nitrogens is 2. The molecule has 1 aliphatic rings.